The van der Waals surface area contributed by atoms with Gasteiger partial charge in [0.15, 0.2) is 0 Å². The van der Waals surface area contributed by atoms with Crippen LogP contribution in [0.3, 0.4) is 0 Å². The van der Waals surface area contributed by atoms with Gasteiger partial charge in [-0.25, -0.2) is 4.39 Å². The number of hydrogen-bond acceptors (Lipinski definition) is 2. The third-order valence-electron chi connectivity index (χ3n) is 3.84. The van der Waals surface area contributed by atoms with Crippen molar-refractivity contribution < 1.29 is 9.50 Å². The SMILES string of the molecule is Cc1cc(F)ccc1CNC1CCCCCC1O. The molecule has 0 aromatic heterocycles. The molecule has 2 atom stereocenters. The normalized spacial score (nSPS) is 24.8. The van der Waals surface area contributed by atoms with Gasteiger partial charge < -0.3 is 10.4 Å². The summed E-state index contributed by atoms with van der Waals surface area (Å²) in [5, 5.41) is 13.4. The van der Waals surface area contributed by atoms with Gasteiger partial charge in [0.05, 0.1) is 6.10 Å². The van der Waals surface area contributed by atoms with Crippen LogP contribution in [0, 0.1) is 12.7 Å². The Morgan fingerprint density at radius 3 is 2.83 bits per heavy atom. The van der Waals surface area contributed by atoms with Crippen LogP contribution >= 0.6 is 0 Å². The highest BCUT2D eigenvalue weighted by Crippen LogP contribution is 2.19. The molecule has 2 nitrogen and oxygen atoms in total. The van der Waals surface area contributed by atoms with Gasteiger partial charge in [0.1, 0.15) is 5.82 Å². The zero-order valence-corrected chi connectivity index (χ0v) is 11.0. The maximum Gasteiger partial charge on any atom is 0.123 e. The van der Waals surface area contributed by atoms with Gasteiger partial charge in [-0.05, 0) is 43.0 Å². The molecule has 1 aliphatic carbocycles. The van der Waals surface area contributed by atoms with Crippen molar-refractivity contribution in [1.29, 1.82) is 0 Å². The maximum absolute atomic E-state index is 13.0. The fourth-order valence-corrected chi connectivity index (χ4v) is 2.62. The molecule has 2 N–H and O–H groups in total. The van der Waals surface area contributed by atoms with E-state index in [1.807, 2.05) is 13.0 Å². The Kier molecular flexibility index (Phi) is 4.72. The second-order valence-electron chi connectivity index (χ2n) is 5.26. The van der Waals surface area contributed by atoms with E-state index >= 15 is 0 Å². The molecule has 0 amide bonds. The van der Waals surface area contributed by atoms with Crippen molar-refractivity contribution in [1.82, 2.24) is 5.32 Å². The maximum atomic E-state index is 13.0. The number of halogens is 1. The summed E-state index contributed by atoms with van der Waals surface area (Å²) in [5.41, 5.74) is 2.07. The van der Waals surface area contributed by atoms with Crippen molar-refractivity contribution in [2.24, 2.45) is 0 Å². The lowest BCUT2D eigenvalue weighted by Crippen LogP contribution is -2.38. The summed E-state index contributed by atoms with van der Waals surface area (Å²) >= 11 is 0. The third-order valence-corrected chi connectivity index (χ3v) is 3.84. The van der Waals surface area contributed by atoms with Crippen LogP contribution in [0.1, 0.15) is 43.2 Å². The molecule has 0 aliphatic heterocycles. The van der Waals surface area contributed by atoms with Crippen LogP contribution in [0.25, 0.3) is 0 Å². The first-order valence-electron chi connectivity index (χ1n) is 6.83. The lowest BCUT2D eigenvalue weighted by Gasteiger charge is -2.22. The highest BCUT2D eigenvalue weighted by Gasteiger charge is 2.20. The first-order chi connectivity index (χ1) is 8.66. The second kappa shape index (κ2) is 6.30. The van der Waals surface area contributed by atoms with Gasteiger partial charge in [0.25, 0.3) is 0 Å². The minimum Gasteiger partial charge on any atom is -0.392 e. The van der Waals surface area contributed by atoms with Gasteiger partial charge in [-0.15, -0.1) is 0 Å². The average Bonchev–Trinajstić information content (AvgIpc) is 2.53. The smallest absolute Gasteiger partial charge is 0.123 e. The fraction of sp³-hybridized carbons (Fsp3) is 0.600. The Balaban J connectivity index is 1.93. The number of aryl methyl sites for hydroxylation is 1. The average molecular weight is 251 g/mol. The third kappa shape index (κ3) is 3.53. The fourth-order valence-electron chi connectivity index (χ4n) is 2.62. The summed E-state index contributed by atoms with van der Waals surface area (Å²) in [5.74, 6) is -0.189. The quantitative estimate of drug-likeness (QED) is 0.810. The van der Waals surface area contributed by atoms with Crippen LogP contribution in [-0.2, 0) is 6.54 Å². The minimum atomic E-state index is -0.242. The largest absolute Gasteiger partial charge is 0.392 e. The Morgan fingerprint density at radius 2 is 2.06 bits per heavy atom. The van der Waals surface area contributed by atoms with Crippen LogP contribution < -0.4 is 5.32 Å². The van der Waals surface area contributed by atoms with Crippen molar-refractivity contribution in [2.45, 2.75) is 57.7 Å². The van der Waals surface area contributed by atoms with E-state index in [-0.39, 0.29) is 18.0 Å². The van der Waals surface area contributed by atoms with Crippen LogP contribution in [-0.4, -0.2) is 17.3 Å². The molecule has 2 unspecified atom stereocenters. The highest BCUT2D eigenvalue weighted by molar-refractivity contribution is 5.26. The van der Waals surface area contributed by atoms with Crippen molar-refractivity contribution in [3.8, 4) is 0 Å². The van der Waals surface area contributed by atoms with Gasteiger partial charge in [-0.2, -0.15) is 0 Å². The van der Waals surface area contributed by atoms with Crippen molar-refractivity contribution >= 4 is 0 Å². The van der Waals surface area contributed by atoms with Crippen LogP contribution in [0.2, 0.25) is 0 Å². The van der Waals surface area contributed by atoms with Gasteiger partial charge in [0, 0.05) is 12.6 Å². The number of nitrogens with one attached hydrogen (secondary N) is 1. The standard InChI is InChI=1S/C15H22FNO/c1-11-9-13(16)8-7-12(11)10-17-14-5-3-2-4-6-15(14)18/h7-9,14-15,17-18H,2-6,10H2,1H3. The number of hydrogen-bond donors (Lipinski definition) is 2. The number of benzene rings is 1. The first-order valence-corrected chi connectivity index (χ1v) is 6.83. The molecule has 0 heterocycles. The summed E-state index contributed by atoms with van der Waals surface area (Å²) < 4.78 is 13.0. The van der Waals surface area contributed by atoms with Gasteiger partial charge in [0.2, 0.25) is 0 Å². The molecule has 1 saturated carbocycles. The van der Waals surface area contributed by atoms with E-state index in [9.17, 15) is 9.50 Å². The van der Waals surface area contributed by atoms with E-state index in [4.69, 9.17) is 0 Å². The van der Waals surface area contributed by atoms with Crippen molar-refractivity contribution in [3.63, 3.8) is 0 Å². The molecular weight excluding hydrogens is 229 g/mol. The first kappa shape index (κ1) is 13.5. The zero-order chi connectivity index (χ0) is 13.0. The molecule has 1 aromatic carbocycles. The predicted molar refractivity (Wildman–Crippen MR) is 70.9 cm³/mol. The highest BCUT2D eigenvalue weighted by atomic mass is 19.1. The topological polar surface area (TPSA) is 32.3 Å². The summed E-state index contributed by atoms with van der Waals surface area (Å²) in [6.45, 7) is 2.62. The van der Waals surface area contributed by atoms with Crippen molar-refractivity contribution in [3.05, 3.63) is 35.1 Å². The molecule has 0 radical (unpaired) electrons. The molecule has 100 valence electrons. The molecule has 1 fully saturated rings. The predicted octanol–water partition coefficient (Wildman–Crippen LogP) is 2.92. The van der Waals surface area contributed by atoms with E-state index in [1.54, 1.807) is 6.07 Å². The molecular formula is C15H22FNO. The van der Waals surface area contributed by atoms with Crippen LogP contribution in [0.5, 0.6) is 0 Å². The van der Waals surface area contributed by atoms with E-state index in [1.165, 1.54) is 18.9 Å². The molecule has 0 spiro atoms. The molecule has 1 aliphatic rings. The van der Waals surface area contributed by atoms with Crippen LogP contribution in [0.15, 0.2) is 18.2 Å². The molecule has 3 heteroatoms. The summed E-state index contributed by atoms with van der Waals surface area (Å²) in [6.07, 6.45) is 5.19. The Bertz CT molecular complexity index is 394. The van der Waals surface area contributed by atoms with E-state index in [2.05, 4.69) is 5.32 Å². The van der Waals surface area contributed by atoms with E-state index in [0.29, 0.717) is 6.54 Å². The molecule has 0 saturated heterocycles. The summed E-state index contributed by atoms with van der Waals surface area (Å²) in [4.78, 5) is 0. The van der Waals surface area contributed by atoms with Crippen LogP contribution in [0.4, 0.5) is 4.39 Å². The zero-order valence-electron chi connectivity index (χ0n) is 11.0. The monoisotopic (exact) mass is 251 g/mol. The Labute approximate surface area is 108 Å². The summed E-state index contributed by atoms with van der Waals surface area (Å²) in [7, 11) is 0. The van der Waals surface area contributed by atoms with Gasteiger partial charge in [-0.1, -0.05) is 25.3 Å². The Hall–Kier alpha value is -0.930. The van der Waals surface area contributed by atoms with E-state index < -0.39 is 0 Å². The Morgan fingerprint density at radius 1 is 1.28 bits per heavy atom. The van der Waals surface area contributed by atoms with Gasteiger partial charge >= 0.3 is 0 Å². The van der Waals surface area contributed by atoms with Gasteiger partial charge in [-0.3, -0.25) is 0 Å². The summed E-state index contributed by atoms with van der Waals surface area (Å²) in [6, 6.07) is 5.05. The number of aliphatic hydroxyl groups is 1. The number of aliphatic hydroxyl groups excluding tert-OH is 1. The molecule has 18 heavy (non-hydrogen) atoms. The molecule has 1 aromatic rings. The molecule has 2 rings (SSSR count). The van der Waals surface area contributed by atoms with E-state index in [0.717, 1.165) is 30.4 Å². The lowest BCUT2D eigenvalue weighted by molar-refractivity contribution is 0.119. The van der Waals surface area contributed by atoms with Crippen molar-refractivity contribution in [2.75, 3.05) is 0 Å². The second-order valence-corrected chi connectivity index (χ2v) is 5.26. The minimum absolute atomic E-state index is 0.178. The molecule has 0 bridgehead atoms. The number of rotatable bonds is 3. The lowest BCUT2D eigenvalue weighted by atomic mass is 10.0.